The Bertz CT molecular complexity index is 704. The molecule has 3 aromatic rings. The van der Waals surface area contributed by atoms with E-state index in [9.17, 15) is 4.79 Å². The average Bonchev–Trinajstić information content (AvgIpc) is 3.21. The number of rotatable bonds is 5. The van der Waals surface area contributed by atoms with E-state index in [0.29, 0.717) is 12.1 Å². The van der Waals surface area contributed by atoms with Gasteiger partial charge in [-0.25, -0.2) is 0 Å². The van der Waals surface area contributed by atoms with Gasteiger partial charge in [0.1, 0.15) is 5.76 Å². The normalized spacial score (nSPS) is 12.0. The highest BCUT2D eigenvalue weighted by Crippen LogP contribution is 2.28. The molecule has 3 rings (SSSR count). The average molecular weight is 376 g/mol. The smallest absolute Gasteiger partial charge is 0.252 e. The molecule has 0 saturated carbocycles. The topological polar surface area (TPSA) is 42.2 Å². The minimum Gasteiger partial charge on any atom is -0.469 e. The van der Waals surface area contributed by atoms with E-state index in [-0.39, 0.29) is 11.8 Å². The molecular weight excluding hydrogens is 362 g/mol. The van der Waals surface area contributed by atoms with Crippen molar-refractivity contribution in [3.63, 3.8) is 0 Å². The van der Waals surface area contributed by atoms with Gasteiger partial charge in [0.2, 0.25) is 0 Å². The van der Waals surface area contributed by atoms with Gasteiger partial charge in [0, 0.05) is 15.9 Å². The van der Waals surface area contributed by atoms with E-state index in [4.69, 9.17) is 4.42 Å². The summed E-state index contributed by atoms with van der Waals surface area (Å²) in [6.07, 6.45) is 1.66. The zero-order valence-corrected chi connectivity index (χ0v) is 14.1. The van der Waals surface area contributed by atoms with E-state index in [1.54, 1.807) is 23.7 Å². The number of hydrogen-bond donors (Lipinski definition) is 1. The summed E-state index contributed by atoms with van der Waals surface area (Å²) >= 11 is 5.06. The molecule has 3 nitrogen and oxygen atoms in total. The van der Waals surface area contributed by atoms with Gasteiger partial charge < -0.3 is 9.73 Å². The molecule has 0 aliphatic rings. The molecule has 1 atom stereocenters. The van der Waals surface area contributed by atoms with Crippen LogP contribution in [0.25, 0.3) is 0 Å². The molecule has 0 aliphatic heterocycles. The van der Waals surface area contributed by atoms with Crippen LogP contribution in [0.3, 0.4) is 0 Å². The number of amides is 1. The largest absolute Gasteiger partial charge is 0.469 e. The third-order valence-corrected chi connectivity index (χ3v) is 5.04. The van der Waals surface area contributed by atoms with Crippen molar-refractivity contribution in [1.82, 2.24) is 5.32 Å². The van der Waals surface area contributed by atoms with E-state index in [1.165, 1.54) is 4.88 Å². The standard InChI is InChI=1S/C17H14BrNO2S/c18-14-6-2-1-5-12(14)17(20)19-11-13(15-7-3-9-21-15)16-8-4-10-22-16/h1-10,13H,11H2,(H,19,20)/t13-/m0/s1. The fourth-order valence-corrected chi connectivity index (χ4v) is 3.56. The maximum absolute atomic E-state index is 12.3. The summed E-state index contributed by atoms with van der Waals surface area (Å²) in [6, 6.07) is 15.3. The van der Waals surface area contributed by atoms with E-state index in [0.717, 1.165) is 10.2 Å². The molecule has 0 radical (unpaired) electrons. The second-order valence-electron chi connectivity index (χ2n) is 4.77. The Balaban J connectivity index is 1.75. The lowest BCUT2D eigenvalue weighted by molar-refractivity contribution is 0.0951. The minimum atomic E-state index is -0.0967. The van der Waals surface area contributed by atoms with Gasteiger partial charge in [0.05, 0.1) is 17.7 Å². The first-order valence-electron chi connectivity index (χ1n) is 6.85. The number of furan rings is 1. The van der Waals surface area contributed by atoms with Crippen LogP contribution in [0.1, 0.15) is 26.9 Å². The fourth-order valence-electron chi connectivity index (χ4n) is 2.26. The third-order valence-electron chi connectivity index (χ3n) is 3.36. The second-order valence-corrected chi connectivity index (χ2v) is 6.61. The van der Waals surface area contributed by atoms with E-state index in [1.807, 2.05) is 41.8 Å². The quantitative estimate of drug-likeness (QED) is 0.704. The van der Waals surface area contributed by atoms with Gasteiger partial charge in [-0.15, -0.1) is 11.3 Å². The van der Waals surface area contributed by atoms with Crippen LogP contribution in [-0.4, -0.2) is 12.5 Å². The number of benzene rings is 1. The summed E-state index contributed by atoms with van der Waals surface area (Å²) in [5.41, 5.74) is 0.631. The first kappa shape index (κ1) is 15.1. The summed E-state index contributed by atoms with van der Waals surface area (Å²) in [4.78, 5) is 13.5. The number of carbonyl (C=O) groups is 1. The molecule has 0 spiro atoms. The van der Waals surface area contributed by atoms with Crippen LogP contribution in [0.5, 0.6) is 0 Å². The molecule has 0 unspecified atom stereocenters. The lowest BCUT2D eigenvalue weighted by Crippen LogP contribution is -2.28. The van der Waals surface area contributed by atoms with Gasteiger partial charge in [-0.2, -0.15) is 0 Å². The highest BCUT2D eigenvalue weighted by molar-refractivity contribution is 9.10. The van der Waals surface area contributed by atoms with Crippen LogP contribution < -0.4 is 5.32 Å². The van der Waals surface area contributed by atoms with Gasteiger partial charge >= 0.3 is 0 Å². The van der Waals surface area contributed by atoms with Gasteiger partial charge in [-0.05, 0) is 51.6 Å². The van der Waals surface area contributed by atoms with E-state index < -0.39 is 0 Å². The van der Waals surface area contributed by atoms with Crippen molar-refractivity contribution in [2.24, 2.45) is 0 Å². The molecule has 1 N–H and O–H groups in total. The lowest BCUT2D eigenvalue weighted by Gasteiger charge is -2.14. The molecule has 112 valence electrons. The molecule has 0 fully saturated rings. The first-order chi connectivity index (χ1) is 10.8. The first-order valence-corrected chi connectivity index (χ1v) is 8.52. The van der Waals surface area contributed by atoms with Crippen LogP contribution in [-0.2, 0) is 0 Å². The van der Waals surface area contributed by atoms with E-state index >= 15 is 0 Å². The van der Waals surface area contributed by atoms with Crippen molar-refractivity contribution < 1.29 is 9.21 Å². The van der Waals surface area contributed by atoms with Gasteiger partial charge in [0.15, 0.2) is 0 Å². The van der Waals surface area contributed by atoms with Crippen LogP contribution >= 0.6 is 27.3 Å². The molecule has 5 heteroatoms. The third kappa shape index (κ3) is 3.31. The highest BCUT2D eigenvalue weighted by atomic mass is 79.9. The molecule has 0 saturated heterocycles. The van der Waals surface area contributed by atoms with Crippen LogP contribution in [0.15, 0.2) is 69.1 Å². The summed E-state index contributed by atoms with van der Waals surface area (Å²) < 4.78 is 6.32. The fraction of sp³-hybridized carbons (Fsp3) is 0.118. The summed E-state index contributed by atoms with van der Waals surface area (Å²) in [6.45, 7) is 0.494. The predicted molar refractivity (Wildman–Crippen MR) is 91.3 cm³/mol. The molecule has 22 heavy (non-hydrogen) atoms. The summed E-state index contributed by atoms with van der Waals surface area (Å²) in [5, 5.41) is 5.02. The van der Waals surface area contributed by atoms with Crippen molar-refractivity contribution in [2.75, 3.05) is 6.54 Å². The number of carbonyl (C=O) groups excluding carboxylic acids is 1. The minimum absolute atomic E-state index is 0.0291. The second kappa shape index (κ2) is 6.94. The monoisotopic (exact) mass is 375 g/mol. The predicted octanol–water partition coefficient (Wildman–Crippen LogP) is 4.67. The van der Waals surface area contributed by atoms with Crippen molar-refractivity contribution in [2.45, 2.75) is 5.92 Å². The zero-order valence-electron chi connectivity index (χ0n) is 11.7. The number of nitrogens with one attached hydrogen (secondary N) is 1. The number of hydrogen-bond acceptors (Lipinski definition) is 3. The van der Waals surface area contributed by atoms with Crippen molar-refractivity contribution in [3.8, 4) is 0 Å². The maximum atomic E-state index is 12.3. The highest BCUT2D eigenvalue weighted by Gasteiger charge is 2.19. The van der Waals surface area contributed by atoms with Gasteiger partial charge in [-0.3, -0.25) is 4.79 Å². The van der Waals surface area contributed by atoms with Crippen molar-refractivity contribution in [1.29, 1.82) is 0 Å². The number of halogens is 1. The molecule has 0 aliphatic carbocycles. The lowest BCUT2D eigenvalue weighted by atomic mass is 10.0. The van der Waals surface area contributed by atoms with Gasteiger partial charge in [0.25, 0.3) is 5.91 Å². The molecular formula is C17H14BrNO2S. The van der Waals surface area contributed by atoms with Crippen molar-refractivity contribution >= 4 is 33.2 Å². The molecule has 1 amide bonds. The Kier molecular flexibility index (Phi) is 4.75. The Morgan fingerprint density at radius 2 is 2.05 bits per heavy atom. The molecule has 0 bridgehead atoms. The zero-order chi connectivity index (χ0) is 15.4. The molecule has 2 aromatic heterocycles. The molecule has 1 aromatic carbocycles. The van der Waals surface area contributed by atoms with E-state index in [2.05, 4.69) is 27.3 Å². The van der Waals surface area contributed by atoms with Crippen LogP contribution in [0.2, 0.25) is 0 Å². The Morgan fingerprint density at radius 3 is 2.73 bits per heavy atom. The number of thiophene rings is 1. The Hall–Kier alpha value is -1.85. The van der Waals surface area contributed by atoms with Crippen LogP contribution in [0, 0.1) is 0 Å². The summed E-state index contributed by atoms with van der Waals surface area (Å²) in [5.74, 6) is 0.789. The van der Waals surface area contributed by atoms with Gasteiger partial charge in [-0.1, -0.05) is 18.2 Å². The molecule has 2 heterocycles. The summed E-state index contributed by atoms with van der Waals surface area (Å²) in [7, 11) is 0. The maximum Gasteiger partial charge on any atom is 0.252 e. The Morgan fingerprint density at radius 1 is 1.18 bits per heavy atom. The van der Waals surface area contributed by atoms with Crippen molar-refractivity contribution in [3.05, 3.63) is 80.8 Å². The SMILES string of the molecule is O=C(NC[C@@H](c1ccco1)c1cccs1)c1ccccc1Br. The Labute approximate surface area is 141 Å². The van der Waals surface area contributed by atoms with Crippen LogP contribution in [0.4, 0.5) is 0 Å².